The summed E-state index contributed by atoms with van der Waals surface area (Å²) in [4.78, 5) is 15.6. The molecule has 0 aliphatic heterocycles. The number of rotatable bonds is 5. The molecule has 5 heteroatoms. The molecule has 0 bridgehead atoms. The van der Waals surface area contributed by atoms with Crippen molar-refractivity contribution in [3.8, 4) is 5.75 Å². The van der Waals surface area contributed by atoms with E-state index in [1.807, 2.05) is 0 Å². The third-order valence-electron chi connectivity index (χ3n) is 2.78. The Morgan fingerprint density at radius 3 is 2.95 bits per heavy atom. The van der Waals surface area contributed by atoms with Crippen LogP contribution in [0.5, 0.6) is 5.75 Å². The molecular weight excluding hydrogens is 266 g/mol. The normalized spacial score (nSPS) is 10.5. The number of allylic oxidation sites excluding steroid dienone is 1. The SMILES string of the molecule is C=CCc1ccc(/C=N/NC(=O)c2cccnc2)cc1O. The number of benzene rings is 1. The molecule has 0 unspecified atom stereocenters. The lowest BCUT2D eigenvalue weighted by molar-refractivity contribution is 0.0955. The highest BCUT2D eigenvalue weighted by Gasteiger charge is 2.03. The first-order valence-corrected chi connectivity index (χ1v) is 6.37. The van der Waals surface area contributed by atoms with Crippen LogP contribution < -0.4 is 5.43 Å². The van der Waals surface area contributed by atoms with Gasteiger partial charge in [0.25, 0.3) is 5.91 Å². The molecule has 0 saturated heterocycles. The maximum absolute atomic E-state index is 11.7. The lowest BCUT2D eigenvalue weighted by atomic mass is 10.1. The number of hydrogen-bond donors (Lipinski definition) is 2. The molecule has 1 amide bonds. The molecule has 2 aromatic rings. The predicted molar refractivity (Wildman–Crippen MR) is 81.3 cm³/mol. The van der Waals surface area contributed by atoms with Crippen LogP contribution >= 0.6 is 0 Å². The average molecular weight is 281 g/mol. The number of pyridine rings is 1. The van der Waals surface area contributed by atoms with E-state index in [9.17, 15) is 9.90 Å². The van der Waals surface area contributed by atoms with Gasteiger partial charge in [0, 0.05) is 12.4 Å². The summed E-state index contributed by atoms with van der Waals surface area (Å²) in [5.41, 5.74) is 4.31. The number of nitrogens with one attached hydrogen (secondary N) is 1. The Labute approximate surface area is 122 Å². The largest absolute Gasteiger partial charge is 0.508 e. The third kappa shape index (κ3) is 4.01. The Balaban J connectivity index is 2.00. The first-order chi connectivity index (χ1) is 10.2. The minimum Gasteiger partial charge on any atom is -0.508 e. The molecule has 0 aliphatic carbocycles. The summed E-state index contributed by atoms with van der Waals surface area (Å²) >= 11 is 0. The molecule has 1 heterocycles. The van der Waals surface area contributed by atoms with E-state index in [2.05, 4.69) is 22.1 Å². The second-order valence-electron chi connectivity index (χ2n) is 4.32. The van der Waals surface area contributed by atoms with Crippen molar-refractivity contribution in [3.05, 3.63) is 72.1 Å². The van der Waals surface area contributed by atoms with Gasteiger partial charge in [-0.15, -0.1) is 6.58 Å². The molecule has 2 rings (SSSR count). The Kier molecular flexibility index (Phi) is 4.82. The molecule has 5 nitrogen and oxygen atoms in total. The number of carbonyl (C=O) groups is 1. The zero-order valence-corrected chi connectivity index (χ0v) is 11.4. The number of phenolic OH excluding ortho intramolecular Hbond substituents is 1. The molecule has 0 fully saturated rings. The van der Waals surface area contributed by atoms with Crippen LogP contribution in [0.2, 0.25) is 0 Å². The van der Waals surface area contributed by atoms with Gasteiger partial charge in [0.15, 0.2) is 0 Å². The topological polar surface area (TPSA) is 74.6 Å². The average Bonchev–Trinajstić information content (AvgIpc) is 2.51. The van der Waals surface area contributed by atoms with Crippen molar-refractivity contribution in [1.29, 1.82) is 0 Å². The van der Waals surface area contributed by atoms with Gasteiger partial charge < -0.3 is 5.11 Å². The number of amides is 1. The maximum Gasteiger partial charge on any atom is 0.272 e. The standard InChI is InChI=1S/C16H15N3O2/c1-2-4-13-7-6-12(9-15(13)20)10-18-19-16(21)14-5-3-8-17-11-14/h2-3,5-11,20H,1,4H2,(H,19,21)/b18-10+. The monoisotopic (exact) mass is 281 g/mol. The lowest BCUT2D eigenvalue weighted by Gasteiger charge is -2.02. The fraction of sp³-hybridized carbons (Fsp3) is 0.0625. The number of nitrogens with zero attached hydrogens (tertiary/aromatic N) is 2. The summed E-state index contributed by atoms with van der Waals surface area (Å²) < 4.78 is 0. The highest BCUT2D eigenvalue weighted by atomic mass is 16.3. The van der Waals surface area contributed by atoms with Crippen LogP contribution in [0.15, 0.2) is 60.5 Å². The van der Waals surface area contributed by atoms with Gasteiger partial charge in [-0.2, -0.15) is 5.10 Å². The summed E-state index contributed by atoms with van der Waals surface area (Å²) in [6.07, 6.45) is 6.83. The minimum absolute atomic E-state index is 0.178. The van der Waals surface area contributed by atoms with Gasteiger partial charge in [0.05, 0.1) is 11.8 Å². The molecule has 0 atom stereocenters. The Morgan fingerprint density at radius 2 is 2.29 bits per heavy atom. The first-order valence-electron chi connectivity index (χ1n) is 6.37. The van der Waals surface area contributed by atoms with E-state index in [-0.39, 0.29) is 11.7 Å². The highest BCUT2D eigenvalue weighted by molar-refractivity contribution is 5.94. The van der Waals surface area contributed by atoms with E-state index in [1.165, 1.54) is 12.4 Å². The number of carbonyl (C=O) groups excluding carboxylic acids is 1. The van der Waals surface area contributed by atoms with Crippen LogP contribution in [0, 0.1) is 0 Å². The van der Waals surface area contributed by atoms with Crippen molar-refractivity contribution in [2.45, 2.75) is 6.42 Å². The second-order valence-corrected chi connectivity index (χ2v) is 4.32. The molecule has 1 aromatic carbocycles. The molecule has 21 heavy (non-hydrogen) atoms. The van der Waals surface area contributed by atoms with Crippen LogP contribution in [0.25, 0.3) is 0 Å². The van der Waals surface area contributed by atoms with E-state index in [4.69, 9.17) is 0 Å². The van der Waals surface area contributed by atoms with E-state index < -0.39 is 0 Å². The smallest absolute Gasteiger partial charge is 0.272 e. The minimum atomic E-state index is -0.341. The molecule has 0 radical (unpaired) electrons. The fourth-order valence-corrected chi connectivity index (χ4v) is 1.72. The van der Waals surface area contributed by atoms with E-state index >= 15 is 0 Å². The van der Waals surface area contributed by atoms with Crippen molar-refractivity contribution in [2.24, 2.45) is 5.10 Å². The van der Waals surface area contributed by atoms with Crippen molar-refractivity contribution in [1.82, 2.24) is 10.4 Å². The third-order valence-corrected chi connectivity index (χ3v) is 2.78. The second kappa shape index (κ2) is 7.00. The van der Waals surface area contributed by atoms with Gasteiger partial charge in [0.1, 0.15) is 5.75 Å². The van der Waals surface area contributed by atoms with Gasteiger partial charge >= 0.3 is 0 Å². The van der Waals surface area contributed by atoms with Gasteiger partial charge in [-0.25, -0.2) is 5.43 Å². The Hall–Kier alpha value is -2.95. The van der Waals surface area contributed by atoms with Gasteiger partial charge in [-0.1, -0.05) is 18.2 Å². The summed E-state index contributed by atoms with van der Waals surface area (Å²) in [5, 5.41) is 13.7. The van der Waals surface area contributed by atoms with Crippen molar-refractivity contribution < 1.29 is 9.90 Å². The van der Waals surface area contributed by atoms with Crippen LogP contribution in [-0.2, 0) is 6.42 Å². The van der Waals surface area contributed by atoms with Gasteiger partial charge in [0.2, 0.25) is 0 Å². The van der Waals surface area contributed by atoms with Gasteiger partial charge in [-0.3, -0.25) is 9.78 Å². The predicted octanol–water partition coefficient (Wildman–Crippen LogP) is 2.28. The number of hydrogen-bond acceptors (Lipinski definition) is 4. The van der Waals surface area contributed by atoms with Crippen LogP contribution in [-0.4, -0.2) is 22.2 Å². The fourth-order valence-electron chi connectivity index (χ4n) is 1.72. The van der Waals surface area contributed by atoms with E-state index in [0.29, 0.717) is 17.5 Å². The molecule has 0 saturated carbocycles. The van der Waals surface area contributed by atoms with Gasteiger partial charge in [-0.05, 0) is 35.7 Å². The Bertz CT molecular complexity index is 666. The quantitative estimate of drug-likeness (QED) is 0.501. The van der Waals surface area contributed by atoms with Crippen LogP contribution in [0.3, 0.4) is 0 Å². The van der Waals surface area contributed by atoms with Crippen molar-refractivity contribution in [2.75, 3.05) is 0 Å². The number of hydrazone groups is 1. The number of aromatic nitrogens is 1. The number of aromatic hydroxyl groups is 1. The van der Waals surface area contributed by atoms with E-state index in [1.54, 1.807) is 42.6 Å². The number of phenols is 1. The maximum atomic E-state index is 11.7. The first kappa shape index (κ1) is 14.5. The molecular formula is C16H15N3O2. The molecule has 106 valence electrons. The van der Waals surface area contributed by atoms with Crippen LogP contribution in [0.4, 0.5) is 0 Å². The van der Waals surface area contributed by atoms with E-state index in [0.717, 1.165) is 5.56 Å². The molecule has 2 N–H and O–H groups in total. The molecule has 0 spiro atoms. The van der Waals surface area contributed by atoms with Crippen LogP contribution in [0.1, 0.15) is 21.5 Å². The van der Waals surface area contributed by atoms with Crippen molar-refractivity contribution in [3.63, 3.8) is 0 Å². The summed E-state index contributed by atoms with van der Waals surface area (Å²) in [6.45, 7) is 3.63. The molecule has 0 aliphatic rings. The lowest BCUT2D eigenvalue weighted by Crippen LogP contribution is -2.17. The Morgan fingerprint density at radius 1 is 1.43 bits per heavy atom. The summed E-state index contributed by atoms with van der Waals surface area (Å²) in [6, 6.07) is 8.50. The zero-order valence-electron chi connectivity index (χ0n) is 11.4. The zero-order chi connectivity index (χ0) is 15.1. The highest BCUT2D eigenvalue weighted by Crippen LogP contribution is 2.18. The summed E-state index contributed by atoms with van der Waals surface area (Å²) in [5.74, 6) is -0.163. The molecule has 1 aromatic heterocycles. The summed E-state index contributed by atoms with van der Waals surface area (Å²) in [7, 11) is 0. The van der Waals surface area contributed by atoms with Crippen molar-refractivity contribution >= 4 is 12.1 Å².